The van der Waals surface area contributed by atoms with E-state index in [0.717, 1.165) is 22.6 Å². The first-order valence-electron chi connectivity index (χ1n) is 10.5. The van der Waals surface area contributed by atoms with Crippen molar-refractivity contribution in [2.75, 3.05) is 23.7 Å². The van der Waals surface area contributed by atoms with Gasteiger partial charge in [-0.25, -0.2) is 0 Å². The van der Waals surface area contributed by atoms with E-state index in [0.29, 0.717) is 36.6 Å². The SMILES string of the molecule is Cc1ccccc1NC(=O)[C@@H]1CCCN(C(=O)c2nnc(C(=O)Nc3cccc(Cl)c3)s2)C1. The van der Waals surface area contributed by atoms with Crippen LogP contribution in [0.1, 0.15) is 38.0 Å². The minimum absolute atomic E-state index is 0.0733. The largest absolute Gasteiger partial charge is 0.336 e. The molecule has 0 radical (unpaired) electrons. The number of anilines is 2. The molecular weight excluding hydrogens is 462 g/mol. The van der Waals surface area contributed by atoms with Crippen LogP contribution in [-0.4, -0.2) is 45.9 Å². The zero-order valence-corrected chi connectivity index (χ0v) is 19.4. The highest BCUT2D eigenvalue weighted by molar-refractivity contribution is 7.15. The number of benzene rings is 2. The summed E-state index contributed by atoms with van der Waals surface area (Å²) >= 11 is 6.86. The molecule has 170 valence electrons. The minimum Gasteiger partial charge on any atom is -0.336 e. The number of rotatable bonds is 5. The maximum Gasteiger partial charge on any atom is 0.286 e. The summed E-state index contributed by atoms with van der Waals surface area (Å²) in [6.45, 7) is 2.75. The third-order valence-corrected chi connectivity index (χ3v) is 6.51. The first-order valence-corrected chi connectivity index (χ1v) is 11.7. The highest BCUT2D eigenvalue weighted by atomic mass is 35.5. The lowest BCUT2D eigenvalue weighted by Gasteiger charge is -2.31. The number of halogens is 1. The van der Waals surface area contributed by atoms with Crippen molar-refractivity contribution < 1.29 is 14.4 Å². The number of carbonyl (C=O) groups is 3. The van der Waals surface area contributed by atoms with Gasteiger partial charge in [0.05, 0.1) is 5.92 Å². The van der Waals surface area contributed by atoms with Crippen LogP contribution in [0.5, 0.6) is 0 Å². The van der Waals surface area contributed by atoms with E-state index >= 15 is 0 Å². The summed E-state index contributed by atoms with van der Waals surface area (Å²) in [7, 11) is 0. The molecule has 1 atom stereocenters. The third-order valence-electron chi connectivity index (χ3n) is 5.37. The van der Waals surface area contributed by atoms with Gasteiger partial charge in [0.15, 0.2) is 0 Å². The minimum atomic E-state index is -0.469. The van der Waals surface area contributed by atoms with Crippen molar-refractivity contribution in [2.24, 2.45) is 5.92 Å². The molecular formula is C23H22ClN5O3S. The second-order valence-corrected chi connectivity index (χ2v) is 9.19. The van der Waals surface area contributed by atoms with Crippen molar-refractivity contribution in [1.82, 2.24) is 15.1 Å². The molecule has 1 aliphatic rings. The van der Waals surface area contributed by atoms with E-state index in [2.05, 4.69) is 20.8 Å². The Labute approximate surface area is 200 Å². The van der Waals surface area contributed by atoms with Gasteiger partial charge in [-0.05, 0) is 49.6 Å². The Balaban J connectivity index is 1.39. The number of piperidine rings is 1. The van der Waals surface area contributed by atoms with Crippen LogP contribution in [0.3, 0.4) is 0 Å². The summed E-state index contributed by atoms with van der Waals surface area (Å²) in [5, 5.41) is 14.1. The second kappa shape index (κ2) is 10.1. The molecule has 4 rings (SSSR count). The topological polar surface area (TPSA) is 104 Å². The maximum atomic E-state index is 13.0. The van der Waals surface area contributed by atoms with Gasteiger partial charge >= 0.3 is 0 Å². The highest BCUT2D eigenvalue weighted by Crippen LogP contribution is 2.23. The number of likely N-dealkylation sites (tertiary alicyclic amines) is 1. The lowest BCUT2D eigenvalue weighted by Crippen LogP contribution is -2.43. The summed E-state index contributed by atoms with van der Waals surface area (Å²) in [6.07, 6.45) is 1.41. The second-order valence-electron chi connectivity index (χ2n) is 7.77. The van der Waals surface area contributed by atoms with Gasteiger partial charge in [0.25, 0.3) is 11.8 Å². The van der Waals surface area contributed by atoms with Crippen molar-refractivity contribution >= 4 is 52.0 Å². The van der Waals surface area contributed by atoms with Gasteiger partial charge in [0, 0.05) is 29.5 Å². The molecule has 2 aromatic carbocycles. The molecule has 1 aliphatic heterocycles. The zero-order valence-electron chi connectivity index (χ0n) is 17.9. The van der Waals surface area contributed by atoms with Crippen molar-refractivity contribution in [1.29, 1.82) is 0 Å². The predicted octanol–water partition coefficient (Wildman–Crippen LogP) is 4.24. The number of amides is 3. The van der Waals surface area contributed by atoms with Crippen LogP contribution in [0.25, 0.3) is 0 Å². The van der Waals surface area contributed by atoms with Gasteiger partial charge in [0.2, 0.25) is 15.9 Å². The van der Waals surface area contributed by atoms with E-state index < -0.39 is 5.91 Å². The van der Waals surface area contributed by atoms with Crippen LogP contribution in [0, 0.1) is 12.8 Å². The first-order chi connectivity index (χ1) is 15.9. The number of aromatic nitrogens is 2. The first kappa shape index (κ1) is 22.9. The van der Waals surface area contributed by atoms with Crippen LogP contribution < -0.4 is 10.6 Å². The Morgan fingerprint density at radius 1 is 1.06 bits per heavy atom. The molecule has 1 fully saturated rings. The van der Waals surface area contributed by atoms with Crippen LogP contribution >= 0.6 is 22.9 Å². The van der Waals surface area contributed by atoms with Gasteiger partial charge in [-0.1, -0.05) is 47.2 Å². The number of hydrogen-bond donors (Lipinski definition) is 2. The lowest BCUT2D eigenvalue weighted by atomic mass is 9.97. The van der Waals surface area contributed by atoms with Gasteiger partial charge in [-0.2, -0.15) is 0 Å². The quantitative estimate of drug-likeness (QED) is 0.564. The lowest BCUT2D eigenvalue weighted by molar-refractivity contribution is -0.121. The Morgan fingerprint density at radius 3 is 2.64 bits per heavy atom. The fourth-order valence-corrected chi connectivity index (χ4v) is 4.51. The summed E-state index contributed by atoms with van der Waals surface area (Å²) in [5.41, 5.74) is 2.27. The van der Waals surface area contributed by atoms with E-state index in [4.69, 9.17) is 11.6 Å². The van der Waals surface area contributed by atoms with Crippen molar-refractivity contribution in [3.8, 4) is 0 Å². The van der Waals surface area contributed by atoms with E-state index in [9.17, 15) is 14.4 Å². The Kier molecular flexibility index (Phi) is 7.00. The smallest absolute Gasteiger partial charge is 0.286 e. The number of nitrogens with zero attached hydrogens (tertiary/aromatic N) is 3. The van der Waals surface area contributed by atoms with Crippen LogP contribution in [-0.2, 0) is 4.79 Å². The van der Waals surface area contributed by atoms with E-state index in [1.54, 1.807) is 29.2 Å². The number of carbonyl (C=O) groups excluding carboxylic acids is 3. The molecule has 3 amide bonds. The molecule has 0 spiro atoms. The molecule has 3 aromatic rings. The van der Waals surface area contributed by atoms with Crippen LogP contribution in [0.2, 0.25) is 5.02 Å². The fourth-order valence-electron chi connectivity index (χ4n) is 3.61. The standard InChI is InChI=1S/C23H22ClN5O3S/c1-14-6-2-3-10-18(14)26-19(30)15-7-5-11-29(13-15)23(32)22-28-27-21(33-22)20(31)25-17-9-4-8-16(24)12-17/h2-4,6,8-10,12,15H,5,7,11,13H2,1H3,(H,25,31)(H,26,30)/t15-/m1/s1. The molecule has 10 heteroatoms. The molecule has 2 heterocycles. The average molecular weight is 484 g/mol. The molecule has 0 unspecified atom stereocenters. The number of para-hydroxylation sites is 1. The molecule has 0 saturated carbocycles. The van der Waals surface area contributed by atoms with Crippen molar-refractivity contribution in [2.45, 2.75) is 19.8 Å². The Bertz CT molecular complexity index is 1200. The summed E-state index contributed by atoms with van der Waals surface area (Å²) in [6, 6.07) is 14.3. The number of nitrogens with one attached hydrogen (secondary N) is 2. The van der Waals surface area contributed by atoms with E-state index in [1.165, 1.54) is 0 Å². The van der Waals surface area contributed by atoms with E-state index in [-0.39, 0.29) is 27.7 Å². The van der Waals surface area contributed by atoms with Gasteiger partial charge in [-0.15, -0.1) is 10.2 Å². The third kappa shape index (κ3) is 5.55. The Morgan fingerprint density at radius 2 is 1.85 bits per heavy atom. The summed E-state index contributed by atoms with van der Waals surface area (Å²) in [4.78, 5) is 39.8. The van der Waals surface area contributed by atoms with E-state index in [1.807, 2.05) is 31.2 Å². The molecule has 0 bridgehead atoms. The molecule has 8 nitrogen and oxygen atoms in total. The molecule has 33 heavy (non-hydrogen) atoms. The molecule has 0 aliphatic carbocycles. The van der Waals surface area contributed by atoms with Gasteiger partial charge < -0.3 is 15.5 Å². The average Bonchev–Trinajstić information content (AvgIpc) is 3.31. The molecule has 1 saturated heterocycles. The maximum absolute atomic E-state index is 13.0. The highest BCUT2D eigenvalue weighted by Gasteiger charge is 2.31. The summed E-state index contributed by atoms with van der Waals surface area (Å²) < 4.78 is 0. The van der Waals surface area contributed by atoms with Crippen LogP contribution in [0.4, 0.5) is 11.4 Å². The fraction of sp³-hybridized carbons (Fsp3) is 0.261. The van der Waals surface area contributed by atoms with Gasteiger partial charge in [0.1, 0.15) is 0 Å². The monoisotopic (exact) mass is 483 g/mol. The van der Waals surface area contributed by atoms with Crippen molar-refractivity contribution in [3.63, 3.8) is 0 Å². The Hall–Kier alpha value is -3.30. The molecule has 1 aromatic heterocycles. The van der Waals surface area contributed by atoms with Crippen molar-refractivity contribution in [3.05, 3.63) is 69.1 Å². The van der Waals surface area contributed by atoms with Gasteiger partial charge in [-0.3, -0.25) is 14.4 Å². The number of hydrogen-bond acceptors (Lipinski definition) is 6. The summed E-state index contributed by atoms with van der Waals surface area (Å²) in [5.74, 6) is -1.23. The predicted molar refractivity (Wildman–Crippen MR) is 128 cm³/mol. The molecule has 2 N–H and O–H groups in total. The number of aryl methyl sites for hydroxylation is 1. The zero-order chi connectivity index (χ0) is 23.4. The normalized spacial score (nSPS) is 15.7. The van der Waals surface area contributed by atoms with Crippen LogP contribution in [0.15, 0.2) is 48.5 Å².